The van der Waals surface area contributed by atoms with Gasteiger partial charge in [0.05, 0.1) is 15.9 Å². The van der Waals surface area contributed by atoms with Gasteiger partial charge in [0.25, 0.3) is 5.69 Å². The lowest BCUT2D eigenvalue weighted by atomic mass is 9.81. The molecule has 1 amide bonds. The van der Waals surface area contributed by atoms with Crippen LogP contribution in [0.3, 0.4) is 0 Å². The van der Waals surface area contributed by atoms with Crippen molar-refractivity contribution in [2.24, 2.45) is 5.73 Å². The highest BCUT2D eigenvalue weighted by Gasteiger charge is 2.44. The summed E-state index contributed by atoms with van der Waals surface area (Å²) in [6.07, 6.45) is 6.62. The number of nitro benzene ring substituents is 1. The molecule has 0 fully saturated rings. The van der Waals surface area contributed by atoms with Gasteiger partial charge in [-0.2, -0.15) is 4.58 Å². The van der Waals surface area contributed by atoms with Crippen LogP contribution in [0.5, 0.6) is 5.75 Å². The van der Waals surface area contributed by atoms with E-state index in [0.717, 1.165) is 54.1 Å². The lowest BCUT2D eigenvalue weighted by molar-refractivity contribution is -0.438. The molecule has 3 aromatic rings. The summed E-state index contributed by atoms with van der Waals surface area (Å²) in [4.78, 5) is 23.1. The first-order valence-corrected chi connectivity index (χ1v) is 13.9. The number of phenols is 1. The summed E-state index contributed by atoms with van der Waals surface area (Å²) in [7, 11) is 0. The number of unbranched alkanes of at least 4 members (excludes halogenated alkanes) is 2. The number of carbonyl (C=O) groups is 1. The monoisotopic (exact) mass is 556 g/mol. The molecule has 0 radical (unpaired) electrons. The molecule has 0 unspecified atom stereocenters. The number of nitrogens with zero attached hydrogens (tertiary/aromatic N) is 2. The molecule has 3 aromatic carbocycles. The maximum atomic E-state index is 11.9. The van der Waals surface area contributed by atoms with Gasteiger partial charge >= 0.3 is 0 Å². The van der Waals surface area contributed by atoms with Crippen LogP contribution in [0.2, 0.25) is 0 Å². The van der Waals surface area contributed by atoms with Gasteiger partial charge in [0.2, 0.25) is 11.6 Å². The Balaban J connectivity index is 1.62. The highest BCUT2D eigenvalue weighted by molar-refractivity contribution is 6.05. The number of nitrogens with one attached hydrogen (secondary N) is 2. The molecule has 9 heteroatoms. The number of benzene rings is 3. The number of para-hydroxylation sites is 1. The van der Waals surface area contributed by atoms with E-state index < -0.39 is 10.3 Å². The predicted octanol–water partition coefficient (Wildman–Crippen LogP) is 5.77. The summed E-state index contributed by atoms with van der Waals surface area (Å²) < 4.78 is 2.27. The minimum Gasteiger partial charge on any atom is -0.508 e. The van der Waals surface area contributed by atoms with Gasteiger partial charge in [0.1, 0.15) is 12.3 Å². The number of hydrogen-bond acceptors (Lipinski definition) is 6. The van der Waals surface area contributed by atoms with E-state index >= 15 is 0 Å². The summed E-state index contributed by atoms with van der Waals surface area (Å²) in [6, 6.07) is 20.4. The smallest absolute Gasteiger partial charge is 0.276 e. The topological polar surface area (TPSA) is 134 Å². The van der Waals surface area contributed by atoms with Gasteiger partial charge in [-0.15, -0.1) is 0 Å². The zero-order chi connectivity index (χ0) is 29.4. The highest BCUT2D eigenvalue weighted by atomic mass is 16.6. The maximum absolute atomic E-state index is 11.9. The SMILES string of the molecule is CC1(C)C(/C=C/c2cc(O)ccc2[N+](=O)[O-])=[N+](CCCCCC(=O)NCCN)c2ccc(Nc3ccccc3)cc21. The van der Waals surface area contributed by atoms with Crippen LogP contribution in [0.1, 0.15) is 50.7 Å². The molecule has 1 aliphatic heterocycles. The van der Waals surface area contributed by atoms with Crippen LogP contribution in [-0.2, 0) is 10.2 Å². The van der Waals surface area contributed by atoms with Crippen LogP contribution in [0, 0.1) is 10.1 Å². The molecule has 1 aliphatic rings. The Bertz CT molecular complexity index is 1460. The van der Waals surface area contributed by atoms with E-state index in [1.807, 2.05) is 36.4 Å². The van der Waals surface area contributed by atoms with Crippen molar-refractivity contribution in [2.75, 3.05) is 25.0 Å². The van der Waals surface area contributed by atoms with E-state index in [1.54, 1.807) is 6.08 Å². The van der Waals surface area contributed by atoms with Crippen molar-refractivity contribution >= 4 is 40.4 Å². The average molecular weight is 557 g/mol. The molecule has 0 atom stereocenters. The number of carbonyl (C=O) groups excluding carboxylic acids is 1. The second kappa shape index (κ2) is 13.2. The van der Waals surface area contributed by atoms with Crippen molar-refractivity contribution < 1.29 is 19.4 Å². The van der Waals surface area contributed by atoms with Gasteiger partial charge in [0, 0.05) is 61.1 Å². The number of nitrogens with two attached hydrogens (primary N) is 1. The summed E-state index contributed by atoms with van der Waals surface area (Å²) in [6.45, 7) is 5.94. The molecule has 9 nitrogen and oxygen atoms in total. The molecule has 0 spiro atoms. The Morgan fingerprint density at radius 3 is 2.54 bits per heavy atom. The first-order chi connectivity index (χ1) is 19.7. The number of nitro groups is 1. The van der Waals surface area contributed by atoms with E-state index in [2.05, 4.69) is 47.3 Å². The summed E-state index contributed by atoms with van der Waals surface area (Å²) in [5.41, 5.74) is 10.5. The number of fused-ring (bicyclic) bond motifs is 1. The average Bonchev–Trinajstić information content (AvgIpc) is 3.15. The zero-order valence-electron chi connectivity index (χ0n) is 23.6. The quantitative estimate of drug-likeness (QED) is 0.0914. The van der Waals surface area contributed by atoms with Crippen molar-refractivity contribution in [3.8, 4) is 5.75 Å². The van der Waals surface area contributed by atoms with Crippen molar-refractivity contribution in [1.29, 1.82) is 0 Å². The fraction of sp³-hybridized carbons (Fsp3) is 0.312. The van der Waals surface area contributed by atoms with Crippen molar-refractivity contribution in [2.45, 2.75) is 44.9 Å². The second-order valence-corrected chi connectivity index (χ2v) is 10.7. The van der Waals surface area contributed by atoms with Gasteiger partial charge in [0.15, 0.2) is 5.71 Å². The van der Waals surface area contributed by atoms with Crippen LogP contribution in [-0.4, -0.2) is 45.9 Å². The van der Waals surface area contributed by atoms with Gasteiger partial charge in [-0.1, -0.05) is 18.2 Å². The number of allylic oxidation sites excluding steroid dienone is 1. The molecular formula is C32H38N5O4+. The second-order valence-electron chi connectivity index (χ2n) is 10.7. The molecule has 0 aliphatic carbocycles. The van der Waals surface area contributed by atoms with E-state index in [-0.39, 0.29) is 17.3 Å². The molecule has 0 saturated heterocycles. The van der Waals surface area contributed by atoms with Crippen LogP contribution in [0.15, 0.2) is 72.8 Å². The van der Waals surface area contributed by atoms with Crippen molar-refractivity contribution in [1.82, 2.24) is 5.32 Å². The minimum atomic E-state index is -0.443. The predicted molar refractivity (Wildman–Crippen MR) is 163 cm³/mol. The lowest BCUT2D eigenvalue weighted by Gasteiger charge is -2.17. The molecule has 214 valence electrons. The van der Waals surface area contributed by atoms with Crippen molar-refractivity contribution in [3.05, 3.63) is 94.0 Å². The first-order valence-electron chi connectivity index (χ1n) is 13.9. The number of hydrogen-bond donors (Lipinski definition) is 4. The number of amides is 1. The minimum absolute atomic E-state index is 0.0180. The van der Waals surface area contributed by atoms with Crippen LogP contribution in [0.4, 0.5) is 22.7 Å². The number of aromatic hydroxyl groups is 1. The van der Waals surface area contributed by atoms with Crippen LogP contribution < -0.4 is 16.4 Å². The third-order valence-corrected chi connectivity index (χ3v) is 7.33. The fourth-order valence-corrected chi connectivity index (χ4v) is 5.22. The standard InChI is InChI=1S/C32H37N5O4/c1-32(2)27-22-25(35-24-9-5-3-6-10-24)13-15-29(27)36(20-8-4-7-11-31(39)34-19-18-33)30(32)17-12-23-21-26(38)14-16-28(23)37(40)41/h3,5-6,9-10,12-17,21-22,35H,4,7-8,11,18-20,33H2,1-2H3,(H-,34,38,39)/p+1/b17-12+. The molecule has 0 aromatic heterocycles. The number of phenolic OH excluding ortho intramolecular Hbond substituents is 1. The Labute approximate surface area is 240 Å². The van der Waals surface area contributed by atoms with E-state index in [9.17, 15) is 20.0 Å². The lowest BCUT2D eigenvalue weighted by Crippen LogP contribution is -2.28. The highest BCUT2D eigenvalue weighted by Crippen LogP contribution is 2.42. The third kappa shape index (κ3) is 7.18. The molecule has 4 rings (SSSR count). The Morgan fingerprint density at radius 2 is 1.80 bits per heavy atom. The van der Waals surface area contributed by atoms with E-state index in [4.69, 9.17) is 5.73 Å². The third-order valence-electron chi connectivity index (χ3n) is 7.33. The van der Waals surface area contributed by atoms with Gasteiger partial charge in [-0.3, -0.25) is 14.9 Å². The molecular weight excluding hydrogens is 518 g/mol. The van der Waals surface area contributed by atoms with Gasteiger partial charge in [-0.25, -0.2) is 0 Å². The van der Waals surface area contributed by atoms with E-state index in [1.165, 1.54) is 18.2 Å². The molecule has 5 N–H and O–H groups in total. The first kappa shape index (κ1) is 29.5. The van der Waals surface area contributed by atoms with Crippen LogP contribution in [0.25, 0.3) is 6.08 Å². The summed E-state index contributed by atoms with van der Waals surface area (Å²) >= 11 is 0. The molecule has 0 bridgehead atoms. The Kier molecular flexibility index (Phi) is 9.52. The largest absolute Gasteiger partial charge is 0.508 e. The van der Waals surface area contributed by atoms with E-state index in [0.29, 0.717) is 25.1 Å². The Morgan fingerprint density at radius 1 is 1.02 bits per heavy atom. The molecule has 41 heavy (non-hydrogen) atoms. The normalized spacial score (nSPS) is 13.8. The summed E-state index contributed by atoms with van der Waals surface area (Å²) in [5.74, 6) is -0.0114. The molecule has 1 heterocycles. The Hall–Kier alpha value is -4.50. The maximum Gasteiger partial charge on any atom is 0.276 e. The number of rotatable bonds is 13. The number of anilines is 2. The molecule has 0 saturated carbocycles. The van der Waals surface area contributed by atoms with Crippen molar-refractivity contribution in [3.63, 3.8) is 0 Å². The fourth-order valence-electron chi connectivity index (χ4n) is 5.22. The summed E-state index contributed by atoms with van der Waals surface area (Å²) in [5, 5.41) is 27.9. The van der Waals surface area contributed by atoms with Gasteiger partial charge in [-0.05, 0) is 69.2 Å². The van der Waals surface area contributed by atoms with Crippen LogP contribution >= 0.6 is 0 Å². The zero-order valence-corrected chi connectivity index (χ0v) is 23.6. The van der Waals surface area contributed by atoms with Gasteiger partial charge < -0.3 is 21.5 Å².